The van der Waals surface area contributed by atoms with Gasteiger partial charge in [-0.15, -0.1) is 0 Å². The van der Waals surface area contributed by atoms with E-state index in [4.69, 9.17) is 37.3 Å². The molecule has 0 radical (unpaired) electrons. The number of nitrogens with zero attached hydrogens (tertiary/aromatic N) is 4. The maximum Gasteiger partial charge on any atom is 0.335 e. The number of imidazole rings is 1. The highest BCUT2D eigenvalue weighted by atomic mass is 35.5. The van der Waals surface area contributed by atoms with E-state index in [9.17, 15) is 14.3 Å². The number of carbonyl (C=O) groups is 1. The molecule has 5 aromatic rings. The van der Waals surface area contributed by atoms with Crippen molar-refractivity contribution in [3.8, 4) is 5.75 Å². The van der Waals surface area contributed by atoms with Crippen LogP contribution in [-0.4, -0.2) is 43.6 Å². The zero-order valence-electron chi connectivity index (χ0n) is 21.6. The molecule has 0 aliphatic carbocycles. The number of benzene rings is 3. The Bertz CT molecular complexity index is 1790. The van der Waals surface area contributed by atoms with Crippen LogP contribution in [0.2, 0.25) is 10.0 Å². The highest BCUT2D eigenvalue weighted by molar-refractivity contribution is 6.35. The third-order valence-electron chi connectivity index (χ3n) is 6.92. The summed E-state index contributed by atoms with van der Waals surface area (Å²) in [5.41, 5.74) is 3.95. The lowest BCUT2D eigenvalue weighted by molar-refractivity contribution is 0.0697. The molecule has 0 saturated carbocycles. The number of ether oxygens (including phenoxy) is 1. The molecule has 0 amide bonds. The van der Waals surface area contributed by atoms with Gasteiger partial charge >= 0.3 is 5.97 Å². The first-order valence-corrected chi connectivity index (χ1v) is 13.5. The summed E-state index contributed by atoms with van der Waals surface area (Å²) in [7, 11) is 0. The van der Waals surface area contributed by atoms with Gasteiger partial charge in [0.1, 0.15) is 29.8 Å². The van der Waals surface area contributed by atoms with Gasteiger partial charge in [0, 0.05) is 23.7 Å². The average Bonchev–Trinajstić information content (AvgIpc) is 3.71. The summed E-state index contributed by atoms with van der Waals surface area (Å²) in [6.07, 6.45) is 5.10. The smallest absolute Gasteiger partial charge is 0.335 e. The summed E-state index contributed by atoms with van der Waals surface area (Å²) >= 11 is 12.1. The Hall–Kier alpha value is -4.18. The molecule has 0 spiro atoms. The topological polar surface area (TPSA) is 93.6 Å². The Morgan fingerprint density at radius 2 is 1.98 bits per heavy atom. The van der Waals surface area contributed by atoms with Gasteiger partial charge in [0.05, 0.1) is 40.9 Å². The maximum absolute atomic E-state index is 14.6. The fourth-order valence-corrected chi connectivity index (χ4v) is 5.31. The number of fused-ring (bicyclic) bond motifs is 1. The number of aromatic nitrogens is 3. The molecule has 3 aromatic carbocycles. The first-order chi connectivity index (χ1) is 19.8. The van der Waals surface area contributed by atoms with Crippen molar-refractivity contribution < 1.29 is 23.4 Å². The molecular formula is C30H23Cl2FN4O4. The second-order valence-corrected chi connectivity index (χ2v) is 10.5. The summed E-state index contributed by atoms with van der Waals surface area (Å²) in [5.74, 6) is 0.454. The summed E-state index contributed by atoms with van der Waals surface area (Å²) in [5, 5.41) is 10.4. The van der Waals surface area contributed by atoms with Crippen LogP contribution >= 0.6 is 23.2 Å². The zero-order valence-corrected chi connectivity index (χ0v) is 23.1. The van der Waals surface area contributed by atoms with Crippen LogP contribution in [0, 0.1) is 5.82 Å². The van der Waals surface area contributed by atoms with E-state index in [2.05, 4.69) is 16.0 Å². The van der Waals surface area contributed by atoms with Gasteiger partial charge in [-0.25, -0.2) is 19.2 Å². The van der Waals surface area contributed by atoms with Crippen molar-refractivity contribution in [3.05, 3.63) is 117 Å². The molecule has 6 rings (SSSR count). The number of carboxylic acids is 1. The van der Waals surface area contributed by atoms with Crippen LogP contribution in [0.1, 0.15) is 33.1 Å². The minimum absolute atomic E-state index is 0.0159. The van der Waals surface area contributed by atoms with E-state index in [-0.39, 0.29) is 18.0 Å². The molecule has 1 aliphatic rings. The normalized spacial score (nSPS) is 13.6. The Balaban J connectivity index is 1.19. The van der Waals surface area contributed by atoms with Crippen molar-refractivity contribution in [2.45, 2.75) is 19.7 Å². The minimum Gasteiger partial charge on any atom is -0.487 e. The Morgan fingerprint density at radius 1 is 1.10 bits per heavy atom. The minimum atomic E-state index is -1.01. The van der Waals surface area contributed by atoms with E-state index in [0.717, 1.165) is 17.0 Å². The van der Waals surface area contributed by atoms with Crippen LogP contribution in [0.4, 0.5) is 4.39 Å². The van der Waals surface area contributed by atoms with E-state index in [1.165, 1.54) is 12.5 Å². The molecule has 0 unspecified atom stereocenters. The highest BCUT2D eigenvalue weighted by Gasteiger charge is 2.21. The number of hydrogen-bond acceptors (Lipinski definition) is 6. The lowest BCUT2D eigenvalue weighted by Crippen LogP contribution is -2.23. The molecule has 11 heteroatoms. The van der Waals surface area contributed by atoms with Crippen molar-refractivity contribution in [1.29, 1.82) is 0 Å². The standard InChI is InChI=1S/C30H23Cl2FN4O4/c31-22-3-6-28(24(32)11-22)40-16-21-9-18(1-4-25(21)33)20-7-8-36(13-20)15-29-35-26-5-2-19(30(38)39)10-27(26)37(29)14-23-12-34-17-41-23/h1-7,9-12,17H,8,13-16H2,(H,38,39). The van der Waals surface area contributed by atoms with E-state index in [1.807, 2.05) is 4.57 Å². The second-order valence-electron chi connectivity index (χ2n) is 9.66. The third-order valence-corrected chi connectivity index (χ3v) is 7.45. The number of rotatable bonds is 9. The monoisotopic (exact) mass is 592 g/mol. The maximum atomic E-state index is 14.6. The van der Waals surface area contributed by atoms with Crippen LogP contribution in [0.25, 0.3) is 16.6 Å². The van der Waals surface area contributed by atoms with Crippen molar-refractivity contribution in [2.24, 2.45) is 0 Å². The van der Waals surface area contributed by atoms with E-state index in [1.54, 1.807) is 54.7 Å². The molecule has 208 valence electrons. The fourth-order valence-electron chi connectivity index (χ4n) is 4.85. The second kappa shape index (κ2) is 11.4. The van der Waals surface area contributed by atoms with Gasteiger partial charge in [-0.2, -0.15) is 0 Å². The highest BCUT2D eigenvalue weighted by Crippen LogP contribution is 2.30. The lowest BCUT2D eigenvalue weighted by atomic mass is 10.0. The number of carboxylic acid groups (broad SMARTS) is 1. The summed E-state index contributed by atoms with van der Waals surface area (Å²) in [6.45, 7) is 2.19. The molecule has 1 N–H and O–H groups in total. The molecule has 0 fully saturated rings. The molecular weight excluding hydrogens is 570 g/mol. The van der Waals surface area contributed by atoms with Crippen LogP contribution in [0.3, 0.4) is 0 Å². The van der Waals surface area contributed by atoms with Crippen molar-refractivity contribution in [3.63, 3.8) is 0 Å². The van der Waals surface area contributed by atoms with E-state index < -0.39 is 5.97 Å². The van der Waals surface area contributed by atoms with Gasteiger partial charge in [-0.3, -0.25) is 4.90 Å². The third kappa shape index (κ3) is 5.83. The van der Waals surface area contributed by atoms with Gasteiger partial charge in [0.15, 0.2) is 6.39 Å². The van der Waals surface area contributed by atoms with Gasteiger partial charge in [-0.1, -0.05) is 35.3 Å². The lowest BCUT2D eigenvalue weighted by Gasteiger charge is -2.17. The van der Waals surface area contributed by atoms with Crippen LogP contribution in [-0.2, 0) is 19.7 Å². The Labute approximate surface area is 244 Å². The Morgan fingerprint density at radius 3 is 2.76 bits per heavy atom. The fraction of sp³-hybridized carbons (Fsp3) is 0.167. The molecule has 41 heavy (non-hydrogen) atoms. The van der Waals surface area contributed by atoms with E-state index >= 15 is 0 Å². The molecule has 1 aliphatic heterocycles. The van der Waals surface area contributed by atoms with Gasteiger partial charge in [0.2, 0.25) is 0 Å². The number of halogens is 3. The average molecular weight is 593 g/mol. The van der Waals surface area contributed by atoms with Gasteiger partial charge in [0.25, 0.3) is 0 Å². The molecule has 8 nitrogen and oxygen atoms in total. The molecule has 3 heterocycles. The van der Waals surface area contributed by atoms with Crippen molar-refractivity contribution in [1.82, 2.24) is 19.4 Å². The van der Waals surface area contributed by atoms with Crippen LogP contribution < -0.4 is 4.74 Å². The number of aromatic carboxylic acids is 1. The molecule has 0 saturated heterocycles. The van der Waals surface area contributed by atoms with Crippen LogP contribution in [0.15, 0.2) is 77.7 Å². The van der Waals surface area contributed by atoms with E-state index in [0.29, 0.717) is 64.3 Å². The largest absolute Gasteiger partial charge is 0.487 e. The van der Waals surface area contributed by atoms with Crippen molar-refractivity contribution in [2.75, 3.05) is 13.1 Å². The summed E-state index contributed by atoms with van der Waals surface area (Å²) < 4.78 is 27.8. The first kappa shape index (κ1) is 27.0. The zero-order chi connectivity index (χ0) is 28.5. The number of oxazole rings is 1. The SMILES string of the molecule is O=C(O)c1ccc2nc(CN3CC=C(c4ccc(F)c(COc5ccc(Cl)cc5Cl)c4)C3)n(Cc3cnco3)c2c1. The number of hydrogen-bond donors (Lipinski definition) is 1. The van der Waals surface area contributed by atoms with Gasteiger partial charge < -0.3 is 18.8 Å². The predicted octanol–water partition coefficient (Wildman–Crippen LogP) is 6.69. The first-order valence-electron chi connectivity index (χ1n) is 12.7. The van der Waals surface area contributed by atoms with Gasteiger partial charge in [-0.05, 0) is 59.7 Å². The van der Waals surface area contributed by atoms with Crippen LogP contribution in [0.5, 0.6) is 5.75 Å². The quantitative estimate of drug-likeness (QED) is 0.203. The molecule has 2 aromatic heterocycles. The summed E-state index contributed by atoms with van der Waals surface area (Å²) in [4.78, 5) is 22.6. The molecule has 0 atom stereocenters. The Kier molecular flexibility index (Phi) is 7.49. The summed E-state index contributed by atoms with van der Waals surface area (Å²) in [6, 6.07) is 14.8. The molecule has 0 bridgehead atoms. The van der Waals surface area contributed by atoms with Crippen molar-refractivity contribution >= 4 is 45.8 Å². The predicted molar refractivity (Wildman–Crippen MR) is 153 cm³/mol.